The number of nitrogens with two attached hydrogens (primary N) is 1. The standard InChI is InChI=1S/C12H13N5O2S/c13-6-2-4-10-3-1-5-11(7-10)20(18,19)16-8-12-14-9-15-17-12/h1,3,5,7,9,16H,6,8,13H2,(H,14,15,17). The third-order valence-corrected chi connectivity index (χ3v) is 3.77. The van der Waals surface area contributed by atoms with Gasteiger partial charge in [-0.2, -0.15) is 5.10 Å². The summed E-state index contributed by atoms with van der Waals surface area (Å²) in [4.78, 5) is 3.98. The summed E-state index contributed by atoms with van der Waals surface area (Å²) in [6, 6.07) is 6.34. The number of H-pyrrole nitrogens is 1. The monoisotopic (exact) mass is 291 g/mol. The van der Waals surface area contributed by atoms with E-state index in [2.05, 4.69) is 31.7 Å². The number of aromatic amines is 1. The molecule has 20 heavy (non-hydrogen) atoms. The lowest BCUT2D eigenvalue weighted by molar-refractivity contribution is 0.579. The second-order valence-electron chi connectivity index (χ2n) is 3.79. The van der Waals surface area contributed by atoms with Crippen LogP contribution in [0.4, 0.5) is 0 Å². The first-order valence-electron chi connectivity index (χ1n) is 5.75. The van der Waals surface area contributed by atoms with Gasteiger partial charge in [0.1, 0.15) is 12.2 Å². The third-order valence-electron chi connectivity index (χ3n) is 2.37. The number of nitrogens with one attached hydrogen (secondary N) is 2. The van der Waals surface area contributed by atoms with Crippen LogP contribution in [0.1, 0.15) is 11.4 Å². The smallest absolute Gasteiger partial charge is 0.241 e. The number of hydrogen-bond acceptors (Lipinski definition) is 5. The van der Waals surface area contributed by atoms with Gasteiger partial charge in [0.15, 0.2) is 0 Å². The molecule has 0 aliphatic carbocycles. The van der Waals surface area contributed by atoms with Crippen molar-refractivity contribution in [3.63, 3.8) is 0 Å². The second kappa shape index (κ2) is 6.29. The van der Waals surface area contributed by atoms with E-state index in [4.69, 9.17) is 5.73 Å². The van der Waals surface area contributed by atoms with Gasteiger partial charge in [0, 0.05) is 5.56 Å². The summed E-state index contributed by atoms with van der Waals surface area (Å²) in [5.74, 6) is 5.91. The molecular weight excluding hydrogens is 278 g/mol. The number of nitrogens with zero attached hydrogens (tertiary/aromatic N) is 2. The van der Waals surface area contributed by atoms with Gasteiger partial charge in [-0.1, -0.05) is 17.9 Å². The summed E-state index contributed by atoms with van der Waals surface area (Å²) < 4.78 is 26.6. The van der Waals surface area contributed by atoms with Gasteiger partial charge >= 0.3 is 0 Å². The largest absolute Gasteiger partial charge is 0.320 e. The molecular formula is C12H13N5O2S. The molecule has 2 rings (SSSR count). The molecule has 0 saturated carbocycles. The minimum Gasteiger partial charge on any atom is -0.320 e. The molecule has 0 fully saturated rings. The molecule has 0 spiro atoms. The minimum atomic E-state index is -3.62. The van der Waals surface area contributed by atoms with Crippen LogP contribution in [0.15, 0.2) is 35.5 Å². The van der Waals surface area contributed by atoms with Gasteiger partial charge in [-0.25, -0.2) is 18.1 Å². The molecule has 4 N–H and O–H groups in total. The predicted octanol–water partition coefficient (Wildman–Crippen LogP) is -0.407. The highest BCUT2D eigenvalue weighted by Gasteiger charge is 2.14. The SMILES string of the molecule is NCC#Cc1cccc(S(=O)(=O)NCc2ncn[nH]2)c1. The molecule has 0 unspecified atom stereocenters. The number of sulfonamides is 1. The Labute approximate surface area is 116 Å². The zero-order valence-corrected chi connectivity index (χ0v) is 11.3. The Kier molecular flexibility index (Phi) is 4.47. The van der Waals surface area contributed by atoms with E-state index in [-0.39, 0.29) is 18.0 Å². The van der Waals surface area contributed by atoms with Gasteiger partial charge in [0.2, 0.25) is 10.0 Å². The molecule has 1 aromatic heterocycles. The fourth-order valence-corrected chi connectivity index (χ4v) is 2.49. The van der Waals surface area contributed by atoms with Crippen LogP contribution in [-0.4, -0.2) is 30.1 Å². The molecule has 2 aromatic rings. The van der Waals surface area contributed by atoms with Crippen molar-refractivity contribution < 1.29 is 8.42 Å². The van der Waals surface area contributed by atoms with Crippen LogP contribution >= 0.6 is 0 Å². The van der Waals surface area contributed by atoms with Crippen molar-refractivity contribution in [2.75, 3.05) is 6.54 Å². The van der Waals surface area contributed by atoms with Gasteiger partial charge in [0.25, 0.3) is 0 Å². The summed E-state index contributed by atoms with van der Waals surface area (Å²) in [6.07, 6.45) is 1.31. The van der Waals surface area contributed by atoms with E-state index in [1.807, 2.05) is 0 Å². The quantitative estimate of drug-likeness (QED) is 0.663. The van der Waals surface area contributed by atoms with Crippen molar-refractivity contribution in [3.8, 4) is 11.8 Å². The fraction of sp³-hybridized carbons (Fsp3) is 0.167. The summed E-state index contributed by atoms with van der Waals surface area (Å²) in [7, 11) is -3.62. The zero-order valence-electron chi connectivity index (χ0n) is 10.5. The molecule has 0 atom stereocenters. The molecule has 1 aromatic carbocycles. The van der Waals surface area contributed by atoms with Crippen molar-refractivity contribution in [2.24, 2.45) is 5.73 Å². The van der Waals surface area contributed by atoms with Crippen molar-refractivity contribution >= 4 is 10.0 Å². The fourth-order valence-electron chi connectivity index (χ4n) is 1.46. The maximum absolute atomic E-state index is 12.1. The molecule has 1 heterocycles. The van der Waals surface area contributed by atoms with E-state index in [0.717, 1.165) is 0 Å². The highest BCUT2D eigenvalue weighted by molar-refractivity contribution is 7.89. The summed E-state index contributed by atoms with van der Waals surface area (Å²) in [5.41, 5.74) is 5.88. The lowest BCUT2D eigenvalue weighted by atomic mass is 10.2. The Morgan fingerprint density at radius 1 is 1.40 bits per heavy atom. The molecule has 0 saturated heterocycles. The Hall–Kier alpha value is -2.21. The van der Waals surface area contributed by atoms with Crippen LogP contribution in [-0.2, 0) is 16.6 Å². The first kappa shape index (κ1) is 14.2. The molecule has 7 nitrogen and oxygen atoms in total. The third kappa shape index (κ3) is 3.64. The Balaban J connectivity index is 2.16. The van der Waals surface area contributed by atoms with E-state index in [1.165, 1.54) is 18.5 Å². The first-order chi connectivity index (χ1) is 9.62. The van der Waals surface area contributed by atoms with Crippen molar-refractivity contribution in [1.29, 1.82) is 0 Å². The van der Waals surface area contributed by atoms with Crippen LogP contribution < -0.4 is 10.5 Å². The van der Waals surface area contributed by atoms with E-state index < -0.39 is 10.0 Å². The Morgan fingerprint density at radius 2 is 2.25 bits per heavy atom. The second-order valence-corrected chi connectivity index (χ2v) is 5.56. The summed E-state index contributed by atoms with van der Waals surface area (Å²) >= 11 is 0. The highest BCUT2D eigenvalue weighted by atomic mass is 32.2. The Morgan fingerprint density at radius 3 is 2.95 bits per heavy atom. The van der Waals surface area contributed by atoms with Crippen molar-refractivity contribution in [2.45, 2.75) is 11.4 Å². The summed E-state index contributed by atoms with van der Waals surface area (Å²) in [6.45, 7) is 0.266. The maximum Gasteiger partial charge on any atom is 0.241 e. The number of rotatable bonds is 4. The van der Waals surface area contributed by atoms with Gasteiger partial charge in [-0.15, -0.1) is 0 Å². The van der Waals surface area contributed by atoms with Crippen LogP contribution in [0.2, 0.25) is 0 Å². The highest BCUT2D eigenvalue weighted by Crippen LogP contribution is 2.11. The molecule has 8 heteroatoms. The van der Waals surface area contributed by atoms with E-state index in [9.17, 15) is 8.42 Å². The number of aromatic nitrogens is 3. The van der Waals surface area contributed by atoms with E-state index in [0.29, 0.717) is 11.4 Å². The van der Waals surface area contributed by atoms with Gasteiger partial charge in [0.05, 0.1) is 18.0 Å². The van der Waals surface area contributed by atoms with E-state index in [1.54, 1.807) is 12.1 Å². The molecule has 104 valence electrons. The summed E-state index contributed by atoms with van der Waals surface area (Å²) in [5, 5.41) is 6.22. The molecule has 0 amide bonds. The lowest BCUT2D eigenvalue weighted by Crippen LogP contribution is -2.23. The average molecular weight is 291 g/mol. The molecule has 0 bridgehead atoms. The molecule has 0 radical (unpaired) electrons. The van der Waals surface area contributed by atoms with Gasteiger partial charge in [-0.3, -0.25) is 5.10 Å². The Bertz CT molecular complexity index is 729. The van der Waals surface area contributed by atoms with Crippen LogP contribution in [0.25, 0.3) is 0 Å². The first-order valence-corrected chi connectivity index (χ1v) is 7.23. The minimum absolute atomic E-state index is 0.0427. The topological polar surface area (TPSA) is 114 Å². The van der Waals surface area contributed by atoms with Crippen molar-refractivity contribution in [1.82, 2.24) is 19.9 Å². The van der Waals surface area contributed by atoms with Crippen LogP contribution in [0, 0.1) is 11.8 Å². The van der Waals surface area contributed by atoms with Crippen LogP contribution in [0.5, 0.6) is 0 Å². The zero-order chi connectivity index (χ0) is 14.4. The van der Waals surface area contributed by atoms with Crippen LogP contribution in [0.3, 0.4) is 0 Å². The van der Waals surface area contributed by atoms with Gasteiger partial charge < -0.3 is 5.73 Å². The van der Waals surface area contributed by atoms with Crippen molar-refractivity contribution in [3.05, 3.63) is 42.0 Å². The van der Waals surface area contributed by atoms with E-state index >= 15 is 0 Å². The molecule has 0 aliphatic heterocycles. The molecule has 0 aliphatic rings. The number of benzene rings is 1. The lowest BCUT2D eigenvalue weighted by Gasteiger charge is -2.05. The predicted molar refractivity (Wildman–Crippen MR) is 72.8 cm³/mol. The normalized spacial score (nSPS) is 10.8. The van der Waals surface area contributed by atoms with Gasteiger partial charge in [-0.05, 0) is 18.2 Å². The maximum atomic E-state index is 12.1. The number of hydrogen-bond donors (Lipinski definition) is 3. The average Bonchev–Trinajstić information content (AvgIpc) is 2.97.